The Balaban J connectivity index is 2.78. The van der Waals surface area contributed by atoms with E-state index in [1.165, 1.54) is 24.1 Å². The number of amides is 2. The molecule has 0 saturated carbocycles. The molecule has 7 heteroatoms. The van der Waals surface area contributed by atoms with E-state index < -0.39 is 24.8 Å². The van der Waals surface area contributed by atoms with Crippen molar-refractivity contribution in [2.24, 2.45) is 0 Å². The van der Waals surface area contributed by atoms with Crippen molar-refractivity contribution in [1.29, 1.82) is 0 Å². The van der Waals surface area contributed by atoms with Crippen LogP contribution in [0.25, 0.3) is 0 Å². The first-order valence-corrected chi connectivity index (χ1v) is 6.41. The number of benzene rings is 1. The average molecular weight is 300 g/mol. The van der Waals surface area contributed by atoms with Crippen LogP contribution in [0.1, 0.15) is 13.8 Å². The molecule has 0 radical (unpaired) electrons. The predicted octanol–water partition coefficient (Wildman–Crippen LogP) is 2.14. The summed E-state index contributed by atoms with van der Waals surface area (Å²) < 4.78 is 29.2. The number of para-hydroxylation sites is 2. The standard InChI is InChI=1S/C14H18F2N2O3/c1-9(2)18(3)14(20)13(19)17-10-6-4-5-7-11(10)21-8-12(15)16/h4-7,9,12H,8H2,1-3H3,(H,17,19). The monoisotopic (exact) mass is 300 g/mol. The number of hydrogen-bond donors (Lipinski definition) is 1. The molecule has 2 amide bonds. The zero-order valence-corrected chi connectivity index (χ0v) is 12.1. The highest BCUT2D eigenvalue weighted by atomic mass is 19.3. The molecule has 1 rings (SSSR count). The zero-order valence-electron chi connectivity index (χ0n) is 12.1. The van der Waals surface area contributed by atoms with Crippen LogP contribution >= 0.6 is 0 Å². The van der Waals surface area contributed by atoms with E-state index in [1.54, 1.807) is 26.0 Å². The van der Waals surface area contributed by atoms with E-state index in [1.807, 2.05) is 0 Å². The molecule has 0 saturated heterocycles. The molecule has 1 N–H and O–H groups in total. The summed E-state index contributed by atoms with van der Waals surface area (Å²) in [5.41, 5.74) is 0.175. The highest BCUT2D eigenvalue weighted by Crippen LogP contribution is 2.24. The smallest absolute Gasteiger partial charge is 0.314 e. The molecule has 0 aromatic heterocycles. The Morgan fingerprint density at radius 2 is 1.90 bits per heavy atom. The Hall–Kier alpha value is -2.18. The number of carbonyl (C=O) groups excluding carboxylic acids is 2. The van der Waals surface area contributed by atoms with Crippen molar-refractivity contribution >= 4 is 17.5 Å². The minimum atomic E-state index is -2.62. The van der Waals surface area contributed by atoms with Gasteiger partial charge in [-0.05, 0) is 26.0 Å². The molecule has 0 aliphatic rings. The third kappa shape index (κ3) is 5.02. The number of halogens is 2. The summed E-state index contributed by atoms with van der Waals surface area (Å²) in [5, 5.41) is 2.37. The normalized spacial score (nSPS) is 10.6. The van der Waals surface area contributed by atoms with Crippen molar-refractivity contribution in [2.75, 3.05) is 19.0 Å². The molecule has 0 spiro atoms. The molecule has 0 aliphatic heterocycles. The third-order valence-electron chi connectivity index (χ3n) is 2.79. The van der Waals surface area contributed by atoms with Crippen LogP contribution in [0.5, 0.6) is 5.75 Å². The van der Waals surface area contributed by atoms with Gasteiger partial charge in [-0.15, -0.1) is 0 Å². The Bertz CT molecular complexity index is 507. The summed E-state index contributed by atoms with van der Waals surface area (Å²) in [4.78, 5) is 24.9. The number of anilines is 1. The van der Waals surface area contributed by atoms with E-state index in [4.69, 9.17) is 4.74 Å². The number of nitrogens with zero attached hydrogens (tertiary/aromatic N) is 1. The number of carbonyl (C=O) groups is 2. The minimum absolute atomic E-state index is 0.0890. The fourth-order valence-corrected chi connectivity index (χ4v) is 1.42. The van der Waals surface area contributed by atoms with Gasteiger partial charge in [0.05, 0.1) is 5.69 Å². The lowest BCUT2D eigenvalue weighted by molar-refractivity contribution is -0.143. The first-order valence-electron chi connectivity index (χ1n) is 6.41. The van der Waals surface area contributed by atoms with E-state index in [2.05, 4.69) is 5.32 Å². The maximum absolute atomic E-state index is 12.2. The first kappa shape index (κ1) is 16.9. The second-order valence-corrected chi connectivity index (χ2v) is 4.66. The number of rotatable bonds is 5. The van der Waals surface area contributed by atoms with Crippen LogP contribution in [0.3, 0.4) is 0 Å². The SMILES string of the molecule is CC(C)N(C)C(=O)C(=O)Nc1ccccc1OCC(F)F. The Morgan fingerprint density at radius 3 is 2.48 bits per heavy atom. The van der Waals surface area contributed by atoms with Gasteiger partial charge in [0.15, 0.2) is 0 Å². The van der Waals surface area contributed by atoms with Crippen LogP contribution in [-0.2, 0) is 9.59 Å². The lowest BCUT2D eigenvalue weighted by Gasteiger charge is -2.21. The summed E-state index contributed by atoms with van der Waals surface area (Å²) >= 11 is 0. The second-order valence-electron chi connectivity index (χ2n) is 4.66. The molecule has 0 fully saturated rings. The number of alkyl halides is 2. The Morgan fingerprint density at radius 1 is 1.29 bits per heavy atom. The molecular formula is C14H18F2N2O3. The van der Waals surface area contributed by atoms with E-state index in [-0.39, 0.29) is 17.5 Å². The summed E-state index contributed by atoms with van der Waals surface area (Å²) in [5.74, 6) is -1.47. The van der Waals surface area contributed by atoms with E-state index >= 15 is 0 Å². The van der Waals surface area contributed by atoms with Crippen molar-refractivity contribution < 1.29 is 23.1 Å². The Labute approximate surface area is 121 Å². The number of likely N-dealkylation sites (N-methyl/N-ethyl adjacent to an activating group) is 1. The van der Waals surface area contributed by atoms with Crippen molar-refractivity contribution in [1.82, 2.24) is 4.90 Å². The Kier molecular flexibility index (Phi) is 6.08. The molecule has 1 aromatic rings. The largest absolute Gasteiger partial charge is 0.485 e. The lowest BCUT2D eigenvalue weighted by atomic mass is 10.2. The van der Waals surface area contributed by atoms with Crippen LogP contribution in [-0.4, -0.2) is 42.8 Å². The molecular weight excluding hydrogens is 282 g/mol. The van der Waals surface area contributed by atoms with Gasteiger partial charge in [-0.1, -0.05) is 12.1 Å². The second kappa shape index (κ2) is 7.56. The van der Waals surface area contributed by atoms with Crippen LogP contribution < -0.4 is 10.1 Å². The number of nitrogens with one attached hydrogen (secondary N) is 1. The lowest BCUT2D eigenvalue weighted by Crippen LogP contribution is -2.40. The van der Waals surface area contributed by atoms with Gasteiger partial charge in [0, 0.05) is 13.1 Å². The zero-order chi connectivity index (χ0) is 16.0. The minimum Gasteiger partial charge on any atom is -0.485 e. The molecule has 0 bridgehead atoms. The maximum Gasteiger partial charge on any atom is 0.314 e. The van der Waals surface area contributed by atoms with Gasteiger partial charge in [-0.2, -0.15) is 0 Å². The van der Waals surface area contributed by atoms with Crippen molar-refractivity contribution in [3.05, 3.63) is 24.3 Å². The number of ether oxygens (including phenoxy) is 1. The topological polar surface area (TPSA) is 58.6 Å². The van der Waals surface area contributed by atoms with Gasteiger partial charge in [0.2, 0.25) is 0 Å². The van der Waals surface area contributed by atoms with Gasteiger partial charge in [0.1, 0.15) is 12.4 Å². The molecule has 0 unspecified atom stereocenters. The highest BCUT2D eigenvalue weighted by molar-refractivity contribution is 6.39. The van der Waals surface area contributed by atoms with E-state index in [0.29, 0.717) is 0 Å². The van der Waals surface area contributed by atoms with Gasteiger partial charge in [-0.3, -0.25) is 9.59 Å². The molecule has 0 heterocycles. The average Bonchev–Trinajstić information content (AvgIpc) is 2.44. The van der Waals surface area contributed by atoms with Crippen LogP contribution in [0.15, 0.2) is 24.3 Å². The number of hydrogen-bond acceptors (Lipinski definition) is 3. The van der Waals surface area contributed by atoms with Crippen molar-refractivity contribution in [2.45, 2.75) is 26.3 Å². The summed E-state index contributed by atoms with van der Waals surface area (Å²) in [6.07, 6.45) is -2.62. The van der Waals surface area contributed by atoms with Gasteiger partial charge in [0.25, 0.3) is 6.43 Å². The van der Waals surface area contributed by atoms with Crippen LogP contribution in [0, 0.1) is 0 Å². The fourth-order valence-electron chi connectivity index (χ4n) is 1.42. The molecule has 0 aliphatic carbocycles. The van der Waals surface area contributed by atoms with Gasteiger partial charge in [-0.25, -0.2) is 8.78 Å². The highest BCUT2D eigenvalue weighted by Gasteiger charge is 2.21. The molecule has 21 heavy (non-hydrogen) atoms. The van der Waals surface area contributed by atoms with Crippen LogP contribution in [0.2, 0.25) is 0 Å². The summed E-state index contributed by atoms with van der Waals surface area (Å²) in [7, 11) is 1.51. The maximum atomic E-state index is 12.2. The van der Waals surface area contributed by atoms with Crippen molar-refractivity contribution in [3.8, 4) is 5.75 Å². The van der Waals surface area contributed by atoms with Crippen molar-refractivity contribution in [3.63, 3.8) is 0 Å². The van der Waals surface area contributed by atoms with Gasteiger partial charge >= 0.3 is 11.8 Å². The quantitative estimate of drug-likeness (QED) is 0.848. The first-order chi connectivity index (χ1) is 9.82. The molecule has 1 aromatic carbocycles. The summed E-state index contributed by atoms with van der Waals surface area (Å²) in [6, 6.07) is 5.96. The molecule has 5 nitrogen and oxygen atoms in total. The van der Waals surface area contributed by atoms with E-state index in [9.17, 15) is 18.4 Å². The van der Waals surface area contributed by atoms with E-state index in [0.717, 1.165) is 0 Å². The summed E-state index contributed by atoms with van der Waals surface area (Å²) in [6.45, 7) is 2.75. The molecule has 0 atom stereocenters. The molecule has 116 valence electrons. The van der Waals surface area contributed by atoms with Crippen LogP contribution in [0.4, 0.5) is 14.5 Å². The third-order valence-corrected chi connectivity index (χ3v) is 2.79. The predicted molar refractivity (Wildman–Crippen MR) is 74.5 cm³/mol. The van der Waals surface area contributed by atoms with Gasteiger partial charge < -0.3 is 15.0 Å². The fraction of sp³-hybridized carbons (Fsp3) is 0.429.